The van der Waals surface area contributed by atoms with E-state index in [4.69, 9.17) is 9.72 Å². The molecule has 1 amide bonds. The van der Waals surface area contributed by atoms with Crippen LogP contribution in [0.5, 0.6) is 0 Å². The van der Waals surface area contributed by atoms with E-state index in [1.54, 1.807) is 11.3 Å². The number of morpholine rings is 1. The topological polar surface area (TPSA) is 78.2 Å². The van der Waals surface area contributed by atoms with Crippen molar-refractivity contribution in [1.29, 1.82) is 5.26 Å². The maximum atomic E-state index is 12.7. The number of hydrogen-bond donors (Lipinski definition) is 1. The van der Waals surface area contributed by atoms with Crippen LogP contribution in [0.25, 0.3) is 10.6 Å². The molecule has 0 spiro atoms. The molecule has 0 bridgehead atoms. The van der Waals surface area contributed by atoms with E-state index in [1.807, 2.05) is 10.8 Å². The van der Waals surface area contributed by atoms with E-state index in [0.717, 1.165) is 54.7 Å². The smallest absolute Gasteiger partial charge is 0.231 e. The molecule has 8 heteroatoms. The minimum absolute atomic E-state index is 0.148. The Balaban J connectivity index is 1.41. The van der Waals surface area contributed by atoms with Gasteiger partial charge in [0, 0.05) is 30.6 Å². The minimum Gasteiger partial charge on any atom is -0.379 e. The molecule has 172 valence electrons. The van der Waals surface area contributed by atoms with Crippen molar-refractivity contribution >= 4 is 33.6 Å². The lowest BCUT2D eigenvalue weighted by Crippen LogP contribution is -2.35. The second kappa shape index (κ2) is 10.1. The van der Waals surface area contributed by atoms with Crippen molar-refractivity contribution in [3.8, 4) is 16.6 Å². The van der Waals surface area contributed by atoms with Gasteiger partial charge in [0.25, 0.3) is 0 Å². The van der Waals surface area contributed by atoms with Gasteiger partial charge >= 0.3 is 0 Å². The minimum atomic E-state index is -0.160. The monoisotopic (exact) mass is 480 g/mol. The quantitative estimate of drug-likeness (QED) is 0.534. The summed E-state index contributed by atoms with van der Waals surface area (Å²) >= 11 is 2.95. The third kappa shape index (κ3) is 5.87. The zero-order valence-corrected chi connectivity index (χ0v) is 20.8. The van der Waals surface area contributed by atoms with Gasteiger partial charge in [-0.25, -0.2) is 4.98 Å². The SMILES string of the molecule is CC(C)(C)c1csc(NC(=O)Cc2csc(-c3cccc(CN4CCOCC4)c3)n2)c1C#N. The second-order valence-electron chi connectivity index (χ2n) is 9.17. The molecule has 0 radical (unpaired) electrons. The van der Waals surface area contributed by atoms with Crippen LogP contribution in [0.2, 0.25) is 0 Å². The number of ether oxygens (including phenoxy) is 1. The molecule has 0 atom stereocenters. The fourth-order valence-electron chi connectivity index (χ4n) is 3.79. The highest BCUT2D eigenvalue weighted by atomic mass is 32.1. The zero-order chi connectivity index (χ0) is 23.4. The molecule has 1 N–H and O–H groups in total. The summed E-state index contributed by atoms with van der Waals surface area (Å²) in [4.78, 5) is 19.8. The number of aromatic nitrogens is 1. The maximum absolute atomic E-state index is 12.7. The molecule has 3 heterocycles. The number of carbonyl (C=O) groups is 1. The first-order valence-corrected chi connectivity index (χ1v) is 12.7. The lowest BCUT2D eigenvalue weighted by molar-refractivity contribution is -0.115. The van der Waals surface area contributed by atoms with Crippen molar-refractivity contribution in [2.24, 2.45) is 0 Å². The number of benzene rings is 1. The normalized spacial score (nSPS) is 14.7. The molecule has 1 saturated heterocycles. The van der Waals surface area contributed by atoms with Gasteiger partial charge in [-0.3, -0.25) is 9.69 Å². The number of amides is 1. The van der Waals surface area contributed by atoms with E-state index < -0.39 is 0 Å². The number of thiazole rings is 1. The Hall–Kier alpha value is -2.57. The van der Waals surface area contributed by atoms with Crippen molar-refractivity contribution in [3.05, 3.63) is 57.4 Å². The van der Waals surface area contributed by atoms with Crippen LogP contribution in [0, 0.1) is 11.3 Å². The van der Waals surface area contributed by atoms with Gasteiger partial charge in [-0.2, -0.15) is 5.26 Å². The number of carbonyl (C=O) groups excluding carboxylic acids is 1. The van der Waals surface area contributed by atoms with Gasteiger partial charge in [0.2, 0.25) is 5.91 Å². The van der Waals surface area contributed by atoms with Crippen molar-refractivity contribution in [2.75, 3.05) is 31.6 Å². The summed E-state index contributed by atoms with van der Waals surface area (Å²) in [6.07, 6.45) is 0.178. The highest BCUT2D eigenvalue weighted by Crippen LogP contribution is 2.35. The zero-order valence-electron chi connectivity index (χ0n) is 19.2. The van der Waals surface area contributed by atoms with E-state index >= 15 is 0 Å². The van der Waals surface area contributed by atoms with Crippen LogP contribution in [0.15, 0.2) is 35.0 Å². The first-order chi connectivity index (χ1) is 15.8. The molecule has 4 rings (SSSR count). The number of hydrogen-bond acceptors (Lipinski definition) is 7. The van der Waals surface area contributed by atoms with Crippen LogP contribution >= 0.6 is 22.7 Å². The first kappa shape index (κ1) is 23.6. The molecule has 33 heavy (non-hydrogen) atoms. The highest BCUT2D eigenvalue weighted by molar-refractivity contribution is 7.14. The fraction of sp³-hybridized carbons (Fsp3) is 0.400. The second-order valence-corrected chi connectivity index (χ2v) is 10.9. The molecule has 6 nitrogen and oxygen atoms in total. The van der Waals surface area contributed by atoms with Gasteiger partial charge in [0.15, 0.2) is 0 Å². The molecule has 0 aliphatic carbocycles. The van der Waals surface area contributed by atoms with Crippen molar-refractivity contribution in [3.63, 3.8) is 0 Å². The van der Waals surface area contributed by atoms with E-state index in [9.17, 15) is 10.1 Å². The predicted octanol–water partition coefficient (Wildman–Crippen LogP) is 5.05. The highest BCUT2D eigenvalue weighted by Gasteiger charge is 2.23. The Morgan fingerprint density at radius 3 is 2.76 bits per heavy atom. The van der Waals surface area contributed by atoms with E-state index in [0.29, 0.717) is 10.6 Å². The van der Waals surface area contributed by atoms with E-state index in [-0.39, 0.29) is 17.7 Å². The van der Waals surface area contributed by atoms with Crippen molar-refractivity contribution in [2.45, 2.75) is 39.2 Å². The summed E-state index contributed by atoms with van der Waals surface area (Å²) in [6, 6.07) is 10.7. The Kier molecular flexibility index (Phi) is 7.25. The molecular formula is C25H28N4O2S2. The van der Waals surface area contributed by atoms with Crippen LogP contribution in [0.1, 0.15) is 43.2 Å². The molecule has 1 fully saturated rings. The third-order valence-corrected chi connectivity index (χ3v) is 7.38. The molecule has 2 aromatic heterocycles. The summed E-state index contributed by atoms with van der Waals surface area (Å²) < 4.78 is 5.43. The standard InChI is InChI=1S/C25H28N4O2S2/c1-25(2,3)21-16-33-24(20(21)13-26)28-22(30)12-19-15-32-23(27-19)18-6-4-5-17(11-18)14-29-7-9-31-10-8-29/h4-6,11,15-16H,7-10,12,14H2,1-3H3,(H,28,30). The van der Waals surface area contributed by atoms with Gasteiger partial charge in [-0.1, -0.05) is 39.0 Å². The van der Waals surface area contributed by atoms with Gasteiger partial charge in [-0.05, 0) is 28.0 Å². The Labute approximate surface area is 202 Å². The molecule has 1 aliphatic heterocycles. The molecule has 0 unspecified atom stereocenters. The predicted molar refractivity (Wildman–Crippen MR) is 134 cm³/mol. The summed E-state index contributed by atoms with van der Waals surface area (Å²) in [5.41, 5.74) is 4.41. The largest absolute Gasteiger partial charge is 0.379 e. The molecule has 1 aromatic carbocycles. The number of nitrogens with one attached hydrogen (secondary N) is 1. The molecular weight excluding hydrogens is 452 g/mol. The fourth-order valence-corrected chi connectivity index (χ4v) is 5.76. The number of thiophene rings is 1. The van der Waals surface area contributed by atoms with E-state index in [1.165, 1.54) is 16.9 Å². The average Bonchev–Trinajstić information content (AvgIpc) is 3.41. The molecule has 3 aromatic rings. The number of rotatable bonds is 6. The Bertz CT molecular complexity index is 1160. The van der Waals surface area contributed by atoms with Crippen LogP contribution in [0.3, 0.4) is 0 Å². The molecule has 1 aliphatic rings. The van der Waals surface area contributed by atoms with Crippen molar-refractivity contribution in [1.82, 2.24) is 9.88 Å². The van der Waals surface area contributed by atoms with Crippen LogP contribution in [-0.2, 0) is 27.9 Å². The number of nitrogens with zero attached hydrogens (tertiary/aromatic N) is 3. The van der Waals surface area contributed by atoms with Crippen LogP contribution in [-0.4, -0.2) is 42.1 Å². The van der Waals surface area contributed by atoms with Gasteiger partial charge in [-0.15, -0.1) is 22.7 Å². The van der Waals surface area contributed by atoms with Gasteiger partial charge in [0.1, 0.15) is 16.1 Å². The summed E-state index contributed by atoms with van der Waals surface area (Å²) in [5.74, 6) is -0.160. The maximum Gasteiger partial charge on any atom is 0.231 e. The Morgan fingerprint density at radius 1 is 1.24 bits per heavy atom. The van der Waals surface area contributed by atoms with Gasteiger partial charge in [0.05, 0.1) is 30.9 Å². The van der Waals surface area contributed by atoms with Crippen LogP contribution in [0.4, 0.5) is 5.00 Å². The van der Waals surface area contributed by atoms with E-state index in [2.05, 4.69) is 61.3 Å². The first-order valence-electron chi connectivity index (χ1n) is 11.0. The Morgan fingerprint density at radius 2 is 2.03 bits per heavy atom. The summed E-state index contributed by atoms with van der Waals surface area (Å²) in [7, 11) is 0. The number of nitriles is 1. The average molecular weight is 481 g/mol. The van der Waals surface area contributed by atoms with Crippen LogP contribution < -0.4 is 5.32 Å². The molecule has 0 saturated carbocycles. The number of anilines is 1. The summed E-state index contributed by atoms with van der Waals surface area (Å²) in [6.45, 7) is 10.6. The lowest BCUT2D eigenvalue weighted by atomic mass is 9.86. The summed E-state index contributed by atoms with van der Waals surface area (Å²) in [5, 5.41) is 17.9. The third-order valence-electron chi connectivity index (χ3n) is 5.54. The van der Waals surface area contributed by atoms with Gasteiger partial charge < -0.3 is 10.1 Å². The lowest BCUT2D eigenvalue weighted by Gasteiger charge is -2.26. The van der Waals surface area contributed by atoms with Crippen molar-refractivity contribution < 1.29 is 9.53 Å².